The summed E-state index contributed by atoms with van der Waals surface area (Å²) in [6.07, 6.45) is -1.38. The topological polar surface area (TPSA) is 117 Å². The molecule has 132 valence electrons. The van der Waals surface area contributed by atoms with Crippen molar-refractivity contribution in [3.63, 3.8) is 0 Å². The van der Waals surface area contributed by atoms with Crippen LogP contribution in [0.5, 0.6) is 0 Å². The van der Waals surface area contributed by atoms with E-state index in [1.807, 2.05) is 0 Å². The molecule has 2 fully saturated rings. The molecule has 2 aliphatic rings. The van der Waals surface area contributed by atoms with Crippen molar-refractivity contribution >= 4 is 27.5 Å². The SMILES string of the molecule is NC(=O)CO[C@@H]1CO[C@H]2[C@@H]1OC[C@@H]2NS(=O)(=O)c1ccc(Cl)cc1. The van der Waals surface area contributed by atoms with Crippen molar-refractivity contribution < 1.29 is 27.4 Å². The van der Waals surface area contributed by atoms with E-state index >= 15 is 0 Å². The Bertz CT molecular complexity index is 710. The second kappa shape index (κ2) is 6.95. The van der Waals surface area contributed by atoms with E-state index in [9.17, 15) is 13.2 Å². The Labute approximate surface area is 144 Å². The quantitative estimate of drug-likeness (QED) is 0.701. The summed E-state index contributed by atoms with van der Waals surface area (Å²) in [4.78, 5) is 10.9. The van der Waals surface area contributed by atoms with Crippen molar-refractivity contribution in [2.45, 2.75) is 29.2 Å². The molecular weight excluding hydrogens is 360 g/mol. The maximum atomic E-state index is 12.4. The zero-order chi connectivity index (χ0) is 17.3. The minimum Gasteiger partial charge on any atom is -0.371 e. The van der Waals surface area contributed by atoms with E-state index in [-0.39, 0.29) is 24.7 Å². The Balaban J connectivity index is 1.65. The molecule has 1 amide bonds. The van der Waals surface area contributed by atoms with E-state index in [2.05, 4.69) is 4.72 Å². The largest absolute Gasteiger partial charge is 0.371 e. The molecule has 3 rings (SSSR count). The lowest BCUT2D eigenvalue weighted by molar-refractivity contribution is -0.126. The monoisotopic (exact) mass is 376 g/mol. The molecule has 0 saturated carbocycles. The number of nitrogens with two attached hydrogens (primary N) is 1. The first-order valence-electron chi connectivity index (χ1n) is 7.28. The number of primary amides is 1. The fourth-order valence-corrected chi connectivity index (χ4v) is 4.14. The van der Waals surface area contributed by atoms with E-state index < -0.39 is 40.3 Å². The van der Waals surface area contributed by atoms with Gasteiger partial charge in [0.05, 0.1) is 24.2 Å². The van der Waals surface area contributed by atoms with Crippen LogP contribution in [-0.2, 0) is 29.0 Å². The van der Waals surface area contributed by atoms with Gasteiger partial charge in [-0.15, -0.1) is 0 Å². The lowest BCUT2D eigenvalue weighted by Gasteiger charge is -2.18. The summed E-state index contributed by atoms with van der Waals surface area (Å²) in [5.41, 5.74) is 5.05. The summed E-state index contributed by atoms with van der Waals surface area (Å²) < 4.78 is 43.9. The summed E-state index contributed by atoms with van der Waals surface area (Å²) in [7, 11) is -3.73. The highest BCUT2D eigenvalue weighted by Crippen LogP contribution is 2.29. The number of hydrogen-bond acceptors (Lipinski definition) is 6. The highest BCUT2D eigenvalue weighted by atomic mass is 35.5. The third-order valence-corrected chi connectivity index (χ3v) is 5.64. The number of fused-ring (bicyclic) bond motifs is 1. The van der Waals surface area contributed by atoms with Crippen LogP contribution in [0.4, 0.5) is 0 Å². The van der Waals surface area contributed by atoms with Gasteiger partial charge in [-0.1, -0.05) is 11.6 Å². The fraction of sp³-hybridized carbons (Fsp3) is 0.500. The van der Waals surface area contributed by atoms with E-state index in [0.29, 0.717) is 5.02 Å². The van der Waals surface area contributed by atoms with Crippen LogP contribution >= 0.6 is 11.6 Å². The van der Waals surface area contributed by atoms with Crippen LogP contribution in [0.1, 0.15) is 0 Å². The Morgan fingerprint density at radius 1 is 1.25 bits per heavy atom. The Morgan fingerprint density at radius 2 is 1.92 bits per heavy atom. The van der Waals surface area contributed by atoms with Crippen LogP contribution in [-0.4, -0.2) is 58.5 Å². The number of carbonyl (C=O) groups excluding carboxylic acids is 1. The molecule has 0 unspecified atom stereocenters. The summed E-state index contributed by atoms with van der Waals surface area (Å²) in [6.45, 7) is 0.127. The lowest BCUT2D eigenvalue weighted by atomic mass is 10.1. The second-order valence-electron chi connectivity index (χ2n) is 5.59. The first-order chi connectivity index (χ1) is 11.4. The zero-order valence-electron chi connectivity index (χ0n) is 12.6. The zero-order valence-corrected chi connectivity index (χ0v) is 14.1. The van der Waals surface area contributed by atoms with Gasteiger partial charge < -0.3 is 19.9 Å². The molecule has 0 spiro atoms. The van der Waals surface area contributed by atoms with Crippen molar-refractivity contribution in [2.24, 2.45) is 5.73 Å². The molecule has 1 aromatic rings. The molecule has 2 aliphatic heterocycles. The number of rotatable bonds is 6. The van der Waals surface area contributed by atoms with Crippen molar-refractivity contribution in [3.05, 3.63) is 29.3 Å². The average molecular weight is 377 g/mol. The third kappa shape index (κ3) is 3.71. The molecule has 0 aromatic heterocycles. The first kappa shape index (κ1) is 17.6. The van der Waals surface area contributed by atoms with Gasteiger partial charge in [-0.05, 0) is 24.3 Å². The van der Waals surface area contributed by atoms with E-state index in [4.69, 9.17) is 31.5 Å². The van der Waals surface area contributed by atoms with Crippen LogP contribution in [0.25, 0.3) is 0 Å². The number of amides is 1. The molecule has 24 heavy (non-hydrogen) atoms. The number of halogens is 1. The van der Waals surface area contributed by atoms with E-state index in [1.54, 1.807) is 0 Å². The minimum absolute atomic E-state index is 0.106. The number of nitrogens with one attached hydrogen (secondary N) is 1. The summed E-state index contributed by atoms with van der Waals surface area (Å²) in [6, 6.07) is 5.31. The van der Waals surface area contributed by atoms with Crippen LogP contribution < -0.4 is 10.5 Å². The first-order valence-corrected chi connectivity index (χ1v) is 9.14. The average Bonchev–Trinajstić information content (AvgIpc) is 3.08. The van der Waals surface area contributed by atoms with Gasteiger partial charge in [-0.2, -0.15) is 0 Å². The molecule has 0 radical (unpaired) electrons. The summed E-state index contributed by atoms with van der Waals surface area (Å²) >= 11 is 5.77. The van der Waals surface area contributed by atoms with Gasteiger partial charge in [0.2, 0.25) is 15.9 Å². The minimum atomic E-state index is -3.73. The third-order valence-electron chi connectivity index (χ3n) is 3.88. The van der Waals surface area contributed by atoms with Gasteiger partial charge in [0.15, 0.2) is 0 Å². The number of benzene rings is 1. The van der Waals surface area contributed by atoms with Gasteiger partial charge in [0.1, 0.15) is 24.9 Å². The molecular formula is C14H17ClN2O6S. The van der Waals surface area contributed by atoms with E-state index in [0.717, 1.165) is 0 Å². The van der Waals surface area contributed by atoms with E-state index in [1.165, 1.54) is 24.3 Å². The standard InChI is InChI=1S/C14H17ClN2O6S/c15-8-1-3-9(4-2-8)24(19,20)17-10-5-22-14-11(6-23-13(10)14)21-7-12(16)18/h1-4,10-11,13-14,17H,5-7H2,(H2,16,18)/t10-,11+,13+,14+/m0/s1. The normalized spacial score (nSPS) is 29.5. The van der Waals surface area contributed by atoms with Gasteiger partial charge in [0, 0.05) is 5.02 Å². The van der Waals surface area contributed by atoms with Crippen molar-refractivity contribution in [1.82, 2.24) is 4.72 Å². The van der Waals surface area contributed by atoms with Gasteiger partial charge in [0.25, 0.3) is 0 Å². The highest BCUT2D eigenvalue weighted by Gasteiger charge is 2.49. The molecule has 4 atom stereocenters. The van der Waals surface area contributed by atoms with Crippen LogP contribution in [0, 0.1) is 0 Å². The molecule has 0 bridgehead atoms. The molecule has 2 saturated heterocycles. The number of ether oxygens (including phenoxy) is 3. The molecule has 10 heteroatoms. The van der Waals surface area contributed by atoms with Crippen molar-refractivity contribution in [1.29, 1.82) is 0 Å². The Kier molecular flexibility index (Phi) is 5.09. The van der Waals surface area contributed by atoms with Crippen LogP contribution in [0.15, 0.2) is 29.2 Å². The Morgan fingerprint density at radius 3 is 2.58 bits per heavy atom. The molecule has 3 N–H and O–H groups in total. The smallest absolute Gasteiger partial charge is 0.243 e. The van der Waals surface area contributed by atoms with Gasteiger partial charge in [-0.3, -0.25) is 4.79 Å². The van der Waals surface area contributed by atoms with Gasteiger partial charge >= 0.3 is 0 Å². The maximum absolute atomic E-state index is 12.4. The van der Waals surface area contributed by atoms with Gasteiger partial charge in [-0.25, -0.2) is 13.1 Å². The molecule has 0 aliphatic carbocycles. The molecule has 2 heterocycles. The van der Waals surface area contributed by atoms with Crippen molar-refractivity contribution in [2.75, 3.05) is 19.8 Å². The second-order valence-corrected chi connectivity index (χ2v) is 7.74. The van der Waals surface area contributed by atoms with Crippen LogP contribution in [0.2, 0.25) is 5.02 Å². The highest BCUT2D eigenvalue weighted by molar-refractivity contribution is 7.89. The summed E-state index contributed by atoms with van der Waals surface area (Å²) in [5.74, 6) is -0.587. The maximum Gasteiger partial charge on any atom is 0.243 e. The van der Waals surface area contributed by atoms with Crippen molar-refractivity contribution in [3.8, 4) is 0 Å². The molecule has 1 aromatic carbocycles. The van der Waals surface area contributed by atoms with Crippen LogP contribution in [0.3, 0.4) is 0 Å². The predicted octanol–water partition coefficient (Wildman–Crippen LogP) is -0.345. The number of hydrogen-bond donors (Lipinski definition) is 2. The number of carbonyl (C=O) groups is 1. The predicted molar refractivity (Wildman–Crippen MR) is 84.0 cm³/mol. The fourth-order valence-electron chi connectivity index (χ4n) is 2.78. The Hall–Kier alpha value is -1.23. The number of sulfonamides is 1. The molecule has 8 nitrogen and oxygen atoms in total. The summed E-state index contributed by atoms with van der Waals surface area (Å²) in [5, 5.41) is 0.451. The lowest BCUT2D eigenvalue weighted by Crippen LogP contribution is -2.44.